The van der Waals surface area contributed by atoms with Gasteiger partial charge in [-0.25, -0.2) is 0 Å². The van der Waals surface area contributed by atoms with E-state index in [9.17, 15) is 4.79 Å². The van der Waals surface area contributed by atoms with Gasteiger partial charge in [-0.1, -0.05) is 6.92 Å². The first-order chi connectivity index (χ1) is 7.90. The minimum absolute atomic E-state index is 0.00914. The van der Waals surface area contributed by atoms with Crippen LogP contribution in [0.4, 0.5) is 0 Å². The first kappa shape index (κ1) is 14.5. The number of nitrogens with zero attached hydrogens (tertiary/aromatic N) is 1. The van der Waals surface area contributed by atoms with Crippen molar-refractivity contribution in [3.63, 3.8) is 0 Å². The molecular formula is C13H26N2O2. The lowest BCUT2D eigenvalue weighted by molar-refractivity contribution is -0.131. The largest absolute Gasteiger partial charge is 0.366 e. The maximum Gasteiger partial charge on any atom is 0.246 e. The molecule has 1 amide bonds. The highest BCUT2D eigenvalue weighted by Crippen LogP contribution is 2.10. The van der Waals surface area contributed by atoms with Gasteiger partial charge in [-0.05, 0) is 40.2 Å². The average molecular weight is 242 g/mol. The quantitative estimate of drug-likeness (QED) is 0.810. The predicted octanol–water partition coefficient (Wildman–Crippen LogP) is 1.40. The molecule has 0 aliphatic carbocycles. The van der Waals surface area contributed by atoms with Crippen molar-refractivity contribution < 1.29 is 9.53 Å². The number of nitrogens with one attached hydrogen (secondary N) is 1. The van der Waals surface area contributed by atoms with E-state index in [1.165, 1.54) is 0 Å². The molecule has 17 heavy (non-hydrogen) atoms. The van der Waals surface area contributed by atoms with Crippen molar-refractivity contribution in [1.82, 2.24) is 10.2 Å². The summed E-state index contributed by atoms with van der Waals surface area (Å²) in [7, 11) is 0. The molecule has 1 fully saturated rings. The van der Waals surface area contributed by atoms with Crippen molar-refractivity contribution in [3.8, 4) is 0 Å². The molecule has 0 bridgehead atoms. The number of piperidine rings is 1. The van der Waals surface area contributed by atoms with Crippen molar-refractivity contribution >= 4 is 5.91 Å². The van der Waals surface area contributed by atoms with E-state index in [4.69, 9.17) is 4.74 Å². The Labute approximate surface area is 105 Å². The van der Waals surface area contributed by atoms with Crippen LogP contribution in [0.5, 0.6) is 0 Å². The van der Waals surface area contributed by atoms with Crippen molar-refractivity contribution in [2.75, 3.05) is 26.2 Å². The molecule has 1 N–H and O–H groups in total. The van der Waals surface area contributed by atoms with E-state index < -0.39 is 0 Å². The highest BCUT2D eigenvalue weighted by molar-refractivity contribution is 5.77. The van der Waals surface area contributed by atoms with E-state index in [0.29, 0.717) is 6.04 Å². The SMILES string of the molecule is CCN1CCC(NC(=O)COC(C)(C)C)CC1. The number of carbonyl (C=O) groups is 1. The van der Waals surface area contributed by atoms with Crippen LogP contribution in [0.25, 0.3) is 0 Å². The van der Waals surface area contributed by atoms with E-state index in [1.54, 1.807) is 0 Å². The lowest BCUT2D eigenvalue weighted by Crippen LogP contribution is -2.46. The van der Waals surface area contributed by atoms with Gasteiger partial charge < -0.3 is 15.0 Å². The van der Waals surface area contributed by atoms with E-state index >= 15 is 0 Å². The number of hydrogen-bond donors (Lipinski definition) is 1. The van der Waals surface area contributed by atoms with Gasteiger partial charge in [0.1, 0.15) is 6.61 Å². The van der Waals surface area contributed by atoms with Gasteiger partial charge in [0.2, 0.25) is 5.91 Å². The topological polar surface area (TPSA) is 41.6 Å². The molecule has 100 valence electrons. The lowest BCUT2D eigenvalue weighted by atomic mass is 10.1. The minimum Gasteiger partial charge on any atom is -0.366 e. The standard InChI is InChI=1S/C13H26N2O2/c1-5-15-8-6-11(7-9-15)14-12(16)10-17-13(2,3)4/h11H,5-10H2,1-4H3,(H,14,16). The monoisotopic (exact) mass is 242 g/mol. The van der Waals surface area contributed by atoms with Crippen molar-refractivity contribution in [2.45, 2.75) is 52.2 Å². The van der Waals surface area contributed by atoms with E-state index in [1.807, 2.05) is 20.8 Å². The molecule has 1 rings (SSSR count). The van der Waals surface area contributed by atoms with Gasteiger partial charge in [0.05, 0.1) is 5.60 Å². The highest BCUT2D eigenvalue weighted by atomic mass is 16.5. The number of rotatable bonds is 4. The summed E-state index contributed by atoms with van der Waals surface area (Å²) in [4.78, 5) is 14.1. The Morgan fingerprint density at radius 1 is 1.35 bits per heavy atom. The van der Waals surface area contributed by atoms with Gasteiger partial charge in [-0.15, -0.1) is 0 Å². The van der Waals surface area contributed by atoms with Crippen LogP contribution in [0.15, 0.2) is 0 Å². The molecule has 1 aliphatic rings. The van der Waals surface area contributed by atoms with Gasteiger partial charge in [0.15, 0.2) is 0 Å². The summed E-state index contributed by atoms with van der Waals surface area (Å²) in [5.74, 6) is 0.00914. The first-order valence-electron chi connectivity index (χ1n) is 6.56. The fraction of sp³-hybridized carbons (Fsp3) is 0.923. The molecule has 4 heteroatoms. The van der Waals surface area contributed by atoms with Crippen LogP contribution in [0.3, 0.4) is 0 Å². The summed E-state index contributed by atoms with van der Waals surface area (Å²) < 4.78 is 5.45. The van der Waals surface area contributed by atoms with Crippen LogP contribution < -0.4 is 5.32 Å². The van der Waals surface area contributed by atoms with Crippen molar-refractivity contribution in [3.05, 3.63) is 0 Å². The molecule has 0 unspecified atom stereocenters. The molecule has 0 atom stereocenters. The second-order valence-electron chi connectivity index (χ2n) is 5.68. The summed E-state index contributed by atoms with van der Waals surface area (Å²) in [6.07, 6.45) is 2.10. The van der Waals surface area contributed by atoms with E-state index in [2.05, 4.69) is 17.1 Å². The van der Waals surface area contributed by atoms with Crippen LogP contribution in [-0.2, 0) is 9.53 Å². The summed E-state index contributed by atoms with van der Waals surface area (Å²) in [6.45, 7) is 11.5. The van der Waals surface area contributed by atoms with Crippen molar-refractivity contribution in [1.29, 1.82) is 0 Å². The Kier molecular flexibility index (Phi) is 5.40. The Morgan fingerprint density at radius 3 is 2.41 bits per heavy atom. The smallest absolute Gasteiger partial charge is 0.246 e. The molecule has 0 aromatic carbocycles. The molecular weight excluding hydrogens is 216 g/mol. The molecule has 4 nitrogen and oxygen atoms in total. The van der Waals surface area contributed by atoms with Gasteiger partial charge in [0.25, 0.3) is 0 Å². The fourth-order valence-electron chi connectivity index (χ4n) is 1.94. The Morgan fingerprint density at radius 2 is 1.94 bits per heavy atom. The molecule has 0 saturated carbocycles. The van der Waals surface area contributed by atoms with Crippen LogP contribution in [0.2, 0.25) is 0 Å². The molecule has 1 aliphatic heterocycles. The van der Waals surface area contributed by atoms with Crippen molar-refractivity contribution in [2.24, 2.45) is 0 Å². The Bertz CT molecular complexity index is 240. The maximum absolute atomic E-state index is 11.7. The predicted molar refractivity (Wildman–Crippen MR) is 69.0 cm³/mol. The van der Waals surface area contributed by atoms with Gasteiger partial charge in [-0.3, -0.25) is 4.79 Å². The second-order valence-corrected chi connectivity index (χ2v) is 5.68. The van der Waals surface area contributed by atoms with E-state index in [0.717, 1.165) is 32.5 Å². The third kappa shape index (κ3) is 6.03. The number of ether oxygens (including phenoxy) is 1. The summed E-state index contributed by atoms with van der Waals surface area (Å²) >= 11 is 0. The number of carbonyl (C=O) groups excluding carboxylic acids is 1. The van der Waals surface area contributed by atoms with Crippen LogP contribution in [-0.4, -0.2) is 48.7 Å². The maximum atomic E-state index is 11.7. The zero-order chi connectivity index (χ0) is 12.9. The summed E-state index contributed by atoms with van der Waals surface area (Å²) in [5, 5.41) is 3.05. The number of likely N-dealkylation sites (tertiary alicyclic amines) is 1. The van der Waals surface area contributed by atoms with E-state index in [-0.39, 0.29) is 18.1 Å². The van der Waals surface area contributed by atoms with Crippen LogP contribution >= 0.6 is 0 Å². The molecule has 0 aromatic heterocycles. The average Bonchev–Trinajstić information content (AvgIpc) is 2.27. The molecule has 0 aromatic rings. The normalized spacial score (nSPS) is 19.3. The second kappa shape index (κ2) is 6.36. The molecule has 0 spiro atoms. The zero-order valence-corrected chi connectivity index (χ0v) is 11.6. The third-order valence-electron chi connectivity index (χ3n) is 3.04. The Hall–Kier alpha value is -0.610. The van der Waals surface area contributed by atoms with Crippen LogP contribution in [0, 0.1) is 0 Å². The minimum atomic E-state index is -0.247. The fourth-order valence-corrected chi connectivity index (χ4v) is 1.94. The number of hydrogen-bond acceptors (Lipinski definition) is 3. The third-order valence-corrected chi connectivity index (χ3v) is 3.04. The zero-order valence-electron chi connectivity index (χ0n) is 11.6. The van der Waals surface area contributed by atoms with Gasteiger partial charge >= 0.3 is 0 Å². The number of amides is 1. The first-order valence-corrected chi connectivity index (χ1v) is 6.56. The van der Waals surface area contributed by atoms with Gasteiger partial charge in [-0.2, -0.15) is 0 Å². The van der Waals surface area contributed by atoms with Crippen LogP contribution in [0.1, 0.15) is 40.5 Å². The summed E-state index contributed by atoms with van der Waals surface area (Å²) in [6, 6.07) is 0.328. The van der Waals surface area contributed by atoms with Gasteiger partial charge in [0, 0.05) is 19.1 Å². The summed E-state index contributed by atoms with van der Waals surface area (Å²) in [5.41, 5.74) is -0.247. The highest BCUT2D eigenvalue weighted by Gasteiger charge is 2.20. The molecule has 1 saturated heterocycles. The lowest BCUT2D eigenvalue weighted by Gasteiger charge is -2.31. The molecule has 0 radical (unpaired) electrons. The Balaban J connectivity index is 2.19. The molecule has 1 heterocycles.